The van der Waals surface area contributed by atoms with Gasteiger partial charge < -0.3 is 20.6 Å². The summed E-state index contributed by atoms with van der Waals surface area (Å²) in [6.07, 6.45) is 16.3. The average Bonchev–Trinajstić information content (AvgIpc) is 3.63. The van der Waals surface area contributed by atoms with Gasteiger partial charge in [-0.3, -0.25) is 4.79 Å². The topological polar surface area (TPSA) is 75.6 Å². The number of carbonyl (C=O) groups excluding carboxylic acids is 1. The molecule has 0 aliphatic carbocycles. The monoisotopic (exact) mass is 611 g/mol. The Labute approximate surface area is 274 Å². The predicted molar refractivity (Wildman–Crippen MR) is 198 cm³/mol. The molecule has 2 aromatic carbocycles. The number of para-hydroxylation sites is 1. The first-order valence-electron chi connectivity index (χ1n) is 16.9. The first-order chi connectivity index (χ1) is 21.4. The van der Waals surface area contributed by atoms with E-state index in [0.29, 0.717) is 12.4 Å². The lowest BCUT2D eigenvalue weighted by molar-refractivity contribution is 0.101. The van der Waals surface area contributed by atoms with Crippen LogP contribution < -0.4 is 11.2 Å². The van der Waals surface area contributed by atoms with E-state index in [0.717, 1.165) is 46.1 Å². The van der Waals surface area contributed by atoms with Gasteiger partial charge in [0.1, 0.15) is 5.69 Å². The Morgan fingerprint density at radius 2 is 1.69 bits per heavy atom. The summed E-state index contributed by atoms with van der Waals surface area (Å²) < 4.78 is 1.99. The van der Waals surface area contributed by atoms with Gasteiger partial charge in [0.25, 0.3) is 5.91 Å². The number of carbonyl (C=O) groups is 1. The highest BCUT2D eigenvalue weighted by molar-refractivity contribution is 6.67. The molecule has 0 spiro atoms. The third-order valence-corrected chi connectivity index (χ3v) is 8.56. The van der Waals surface area contributed by atoms with Crippen molar-refractivity contribution in [3.8, 4) is 12.2 Å². The maximum Gasteiger partial charge on any atom is 0.272 e. The largest absolute Gasteiger partial charge is 0.339 e. The summed E-state index contributed by atoms with van der Waals surface area (Å²) in [6, 6.07) is 12.4. The standard InChI is InChI=1S/C25H32N4O.C8H15B.C5H11N/c1-7-16-10-9-11-17-13-22(29(6)23(16)17)24(30)28-21-14-19(25(3,4)5)12-18(15-27-26)20(21)8-2;1-4-7-9(6-3)8-5-2;1-6-4-2-3-5-6/h9-15H,7-8,26H2,1-6H3,(H,28,30);3H,4-5,7-8H2,1-2H3;2-5H2,1H3. The van der Waals surface area contributed by atoms with Gasteiger partial charge in [-0.15, -0.1) is 6.42 Å². The normalized spacial score (nSPS) is 13.2. The van der Waals surface area contributed by atoms with Crippen LogP contribution in [-0.4, -0.2) is 48.4 Å². The van der Waals surface area contributed by atoms with E-state index in [4.69, 9.17) is 12.3 Å². The van der Waals surface area contributed by atoms with Crippen molar-refractivity contribution in [2.45, 2.75) is 105 Å². The molecule has 7 heteroatoms. The summed E-state index contributed by atoms with van der Waals surface area (Å²) in [7, 11) is 4.13. The minimum Gasteiger partial charge on any atom is -0.339 e. The van der Waals surface area contributed by atoms with E-state index in [1.165, 1.54) is 57.0 Å². The summed E-state index contributed by atoms with van der Waals surface area (Å²) >= 11 is 0. The number of hydrazone groups is 1. The first-order valence-corrected chi connectivity index (χ1v) is 16.9. The number of anilines is 1. The minimum atomic E-state index is -0.118. The highest BCUT2D eigenvalue weighted by Crippen LogP contribution is 2.31. The molecule has 1 amide bonds. The molecule has 3 aromatic rings. The molecule has 0 saturated carbocycles. The van der Waals surface area contributed by atoms with Crippen LogP contribution in [0.1, 0.15) is 107 Å². The molecule has 4 rings (SSSR count). The van der Waals surface area contributed by atoms with Crippen LogP contribution in [0, 0.1) is 12.2 Å². The number of aryl methyl sites for hydroxylation is 2. The zero-order chi connectivity index (χ0) is 33.6. The Morgan fingerprint density at radius 1 is 1.04 bits per heavy atom. The molecule has 1 saturated heterocycles. The summed E-state index contributed by atoms with van der Waals surface area (Å²) in [6.45, 7) is 18.2. The van der Waals surface area contributed by atoms with Crippen molar-refractivity contribution in [1.82, 2.24) is 9.47 Å². The highest BCUT2D eigenvalue weighted by Gasteiger charge is 2.21. The summed E-state index contributed by atoms with van der Waals surface area (Å²) in [4.78, 5) is 15.7. The lowest BCUT2D eigenvalue weighted by Gasteiger charge is -2.23. The molecular weight excluding hydrogens is 553 g/mol. The molecule has 0 radical (unpaired) electrons. The van der Waals surface area contributed by atoms with Gasteiger partial charge in [-0.2, -0.15) is 10.9 Å². The first kappa shape index (κ1) is 37.7. The van der Waals surface area contributed by atoms with Crippen LogP contribution in [0.25, 0.3) is 10.9 Å². The van der Waals surface area contributed by atoms with Gasteiger partial charge in [-0.25, -0.2) is 0 Å². The molecule has 45 heavy (non-hydrogen) atoms. The smallest absolute Gasteiger partial charge is 0.272 e. The maximum absolute atomic E-state index is 13.3. The van der Waals surface area contributed by atoms with Gasteiger partial charge in [0.15, 0.2) is 0 Å². The Bertz CT molecular complexity index is 1430. The molecule has 6 nitrogen and oxygen atoms in total. The Hall–Kier alpha value is -3.50. The van der Waals surface area contributed by atoms with E-state index in [1.54, 1.807) is 6.21 Å². The third kappa shape index (κ3) is 10.8. The molecule has 0 bridgehead atoms. The Balaban J connectivity index is 0.000000385. The van der Waals surface area contributed by atoms with Gasteiger partial charge in [0.2, 0.25) is 6.71 Å². The fourth-order valence-corrected chi connectivity index (χ4v) is 5.90. The van der Waals surface area contributed by atoms with Crippen molar-refractivity contribution in [1.29, 1.82) is 0 Å². The zero-order valence-electron chi connectivity index (χ0n) is 29.6. The summed E-state index contributed by atoms with van der Waals surface area (Å²) in [5.41, 5.74) is 6.81. The molecule has 1 fully saturated rings. The predicted octanol–water partition coefficient (Wildman–Crippen LogP) is 8.33. The second-order valence-corrected chi connectivity index (χ2v) is 13.2. The second-order valence-electron chi connectivity index (χ2n) is 13.2. The van der Waals surface area contributed by atoms with E-state index < -0.39 is 0 Å². The van der Waals surface area contributed by atoms with Crippen molar-refractivity contribution in [2.75, 3.05) is 25.5 Å². The van der Waals surface area contributed by atoms with Crippen LogP contribution in [0.15, 0.2) is 41.5 Å². The molecular formula is C38H58BN5O. The number of nitrogens with zero attached hydrogens (tertiary/aromatic N) is 3. The van der Waals surface area contributed by atoms with E-state index in [1.807, 2.05) is 23.7 Å². The van der Waals surface area contributed by atoms with Crippen molar-refractivity contribution >= 4 is 35.4 Å². The minimum absolute atomic E-state index is 0.0708. The number of rotatable bonds is 9. The number of hydrogen-bond donors (Lipinski definition) is 2. The van der Waals surface area contributed by atoms with Crippen LogP contribution in [0.5, 0.6) is 0 Å². The van der Waals surface area contributed by atoms with Crippen LogP contribution >= 0.6 is 0 Å². The van der Waals surface area contributed by atoms with Crippen molar-refractivity contribution < 1.29 is 4.79 Å². The van der Waals surface area contributed by atoms with E-state index in [-0.39, 0.29) is 11.3 Å². The van der Waals surface area contributed by atoms with Gasteiger partial charge in [-0.05, 0) is 86.1 Å². The van der Waals surface area contributed by atoms with Crippen LogP contribution in [0.2, 0.25) is 12.6 Å². The molecule has 1 aromatic heterocycles. The van der Waals surface area contributed by atoms with Crippen LogP contribution in [0.4, 0.5) is 5.69 Å². The molecule has 1 aliphatic rings. The second kappa shape index (κ2) is 18.5. The number of fused-ring (bicyclic) bond motifs is 1. The molecule has 3 N–H and O–H groups in total. The van der Waals surface area contributed by atoms with E-state index >= 15 is 0 Å². The lowest BCUT2D eigenvalue weighted by Crippen LogP contribution is -2.19. The molecule has 2 heterocycles. The average molecular weight is 612 g/mol. The number of terminal acetylenes is 1. The molecule has 0 unspecified atom stereocenters. The quantitative estimate of drug-likeness (QED) is 0.0840. The number of likely N-dealkylation sites (tertiary alicyclic amines) is 1. The van der Waals surface area contributed by atoms with Crippen LogP contribution in [0.3, 0.4) is 0 Å². The lowest BCUT2D eigenvalue weighted by atomic mass is 9.45. The van der Waals surface area contributed by atoms with Gasteiger partial charge >= 0.3 is 0 Å². The maximum atomic E-state index is 13.3. The summed E-state index contributed by atoms with van der Waals surface area (Å²) in [5, 5.41) is 7.98. The Morgan fingerprint density at radius 3 is 2.16 bits per heavy atom. The van der Waals surface area contributed by atoms with Gasteiger partial charge in [0, 0.05) is 23.7 Å². The number of benzene rings is 2. The van der Waals surface area contributed by atoms with Crippen molar-refractivity contribution in [3.05, 3.63) is 64.3 Å². The highest BCUT2D eigenvalue weighted by atomic mass is 16.1. The number of nitrogens with one attached hydrogen (secondary N) is 1. The van der Waals surface area contributed by atoms with Crippen molar-refractivity contribution in [3.63, 3.8) is 0 Å². The molecule has 244 valence electrons. The number of nitrogens with two attached hydrogens (primary N) is 1. The van der Waals surface area contributed by atoms with E-state index in [2.05, 4.69) is 101 Å². The number of aromatic nitrogens is 1. The van der Waals surface area contributed by atoms with Gasteiger partial charge in [-0.1, -0.05) is 92.1 Å². The molecule has 1 aliphatic heterocycles. The van der Waals surface area contributed by atoms with Crippen LogP contribution in [-0.2, 0) is 25.3 Å². The summed E-state index contributed by atoms with van der Waals surface area (Å²) in [5.74, 6) is 8.14. The number of hydrogen-bond acceptors (Lipinski definition) is 4. The van der Waals surface area contributed by atoms with Gasteiger partial charge in [0.05, 0.1) is 11.7 Å². The fourth-order valence-electron chi connectivity index (χ4n) is 5.90. The Kier molecular flexibility index (Phi) is 15.5. The zero-order valence-corrected chi connectivity index (χ0v) is 29.6. The third-order valence-electron chi connectivity index (χ3n) is 8.56. The number of amides is 1. The van der Waals surface area contributed by atoms with Crippen molar-refractivity contribution in [2.24, 2.45) is 18.0 Å². The molecule has 0 atom stereocenters. The fraction of sp³-hybridized carbons (Fsp3) is 0.526. The SMILES string of the molecule is C#CB(CCC)CCC.CCc1c(C=NN)cc(C(C)(C)C)cc1NC(=O)c1cc2cccc(CC)c2n1C.CN1CCCC1. The van der Waals surface area contributed by atoms with E-state index in [9.17, 15) is 4.79 Å².